The molecule has 0 saturated carbocycles. The molecular weight excluding hydrogens is 265 g/mol. The van der Waals surface area contributed by atoms with Gasteiger partial charge >= 0.3 is 12.1 Å². The summed E-state index contributed by atoms with van der Waals surface area (Å²) in [5.74, 6) is -3.08. The molecule has 0 atom stereocenters. The minimum absolute atomic E-state index is 0.361. The Bertz CT molecular complexity index is 472. The van der Waals surface area contributed by atoms with Crippen LogP contribution in [0.4, 0.5) is 22.0 Å². The second-order valence-electron chi connectivity index (χ2n) is 3.08. The predicted molar refractivity (Wildman–Crippen MR) is 47.7 cm³/mol. The summed E-state index contributed by atoms with van der Waals surface area (Å²) >= 11 is 0. The van der Waals surface area contributed by atoms with Gasteiger partial charge in [-0.05, 0) is 0 Å². The molecule has 100 valence electrons. The Balaban J connectivity index is 3.62. The summed E-state index contributed by atoms with van der Waals surface area (Å²) in [6.45, 7) is 0. The van der Waals surface area contributed by atoms with Gasteiger partial charge in [0.1, 0.15) is 17.0 Å². The van der Waals surface area contributed by atoms with Crippen LogP contribution in [-0.2, 0) is 6.18 Å². The number of carbonyl (C=O) groups is 1. The van der Waals surface area contributed by atoms with Crippen molar-refractivity contribution in [1.29, 1.82) is 0 Å². The van der Waals surface area contributed by atoms with E-state index in [-0.39, 0.29) is 0 Å². The normalized spacial score (nSPS) is 11.7. The van der Waals surface area contributed by atoms with Crippen LogP contribution in [0.2, 0.25) is 0 Å². The van der Waals surface area contributed by atoms with Gasteiger partial charge in [0.2, 0.25) is 0 Å². The minimum Gasteiger partial charge on any atom is -0.496 e. The first kappa shape index (κ1) is 14.1. The van der Waals surface area contributed by atoms with Crippen LogP contribution < -0.4 is 4.74 Å². The molecule has 18 heavy (non-hydrogen) atoms. The van der Waals surface area contributed by atoms with E-state index in [1.165, 1.54) is 0 Å². The molecule has 1 N–H and O–H groups in total. The Hall–Kier alpha value is -1.93. The van der Waals surface area contributed by atoms with Crippen molar-refractivity contribution in [1.82, 2.24) is 4.98 Å². The number of aromatic nitrogens is 1. The zero-order valence-electron chi connectivity index (χ0n) is 8.76. The van der Waals surface area contributed by atoms with Crippen molar-refractivity contribution in [3.05, 3.63) is 23.0 Å². The van der Waals surface area contributed by atoms with Gasteiger partial charge in [0.25, 0.3) is 6.43 Å². The summed E-state index contributed by atoms with van der Waals surface area (Å²) in [5.41, 5.74) is -4.31. The van der Waals surface area contributed by atoms with E-state index in [1.807, 2.05) is 0 Å². The first-order chi connectivity index (χ1) is 8.18. The molecular formula is C9H6F5NO3. The highest BCUT2D eigenvalue weighted by molar-refractivity contribution is 5.88. The molecule has 0 spiro atoms. The maximum absolute atomic E-state index is 12.6. The first-order valence-electron chi connectivity index (χ1n) is 4.36. The molecule has 0 amide bonds. The Labute approximate surface area is 97.0 Å². The Kier molecular flexibility index (Phi) is 3.73. The van der Waals surface area contributed by atoms with E-state index in [2.05, 4.69) is 9.72 Å². The van der Waals surface area contributed by atoms with Gasteiger partial charge in [0.05, 0.1) is 7.11 Å². The zero-order chi connectivity index (χ0) is 14.1. The highest BCUT2D eigenvalue weighted by Gasteiger charge is 2.41. The van der Waals surface area contributed by atoms with Gasteiger partial charge in [-0.1, -0.05) is 0 Å². The minimum atomic E-state index is -5.08. The van der Waals surface area contributed by atoms with Crippen LogP contribution in [0, 0.1) is 0 Å². The molecule has 1 aromatic rings. The van der Waals surface area contributed by atoms with Crippen LogP contribution in [0.25, 0.3) is 0 Å². The smallest absolute Gasteiger partial charge is 0.422 e. The molecule has 1 heterocycles. The van der Waals surface area contributed by atoms with E-state index in [0.717, 1.165) is 7.11 Å². The van der Waals surface area contributed by atoms with Crippen LogP contribution >= 0.6 is 0 Å². The largest absolute Gasteiger partial charge is 0.496 e. The number of carboxylic acid groups (broad SMARTS) is 1. The molecule has 1 aromatic heterocycles. The van der Waals surface area contributed by atoms with Crippen molar-refractivity contribution in [3.8, 4) is 5.75 Å². The fourth-order valence-corrected chi connectivity index (χ4v) is 1.24. The lowest BCUT2D eigenvalue weighted by Gasteiger charge is -2.15. The monoisotopic (exact) mass is 271 g/mol. The second-order valence-corrected chi connectivity index (χ2v) is 3.08. The fourth-order valence-electron chi connectivity index (χ4n) is 1.24. The number of methoxy groups -OCH3 is 1. The van der Waals surface area contributed by atoms with Gasteiger partial charge in [0.15, 0.2) is 5.69 Å². The highest BCUT2D eigenvalue weighted by atomic mass is 19.4. The number of hydrogen-bond acceptors (Lipinski definition) is 3. The van der Waals surface area contributed by atoms with Gasteiger partial charge in [-0.25, -0.2) is 18.6 Å². The third kappa shape index (κ3) is 2.66. The number of hydrogen-bond donors (Lipinski definition) is 1. The summed E-state index contributed by atoms with van der Waals surface area (Å²) in [5, 5.41) is 8.59. The number of nitrogens with zero attached hydrogens (tertiary/aromatic N) is 1. The molecule has 0 aliphatic rings. The average molecular weight is 271 g/mol. The van der Waals surface area contributed by atoms with E-state index in [0.29, 0.717) is 6.07 Å². The highest BCUT2D eigenvalue weighted by Crippen LogP contribution is 2.39. The molecule has 0 bridgehead atoms. The van der Waals surface area contributed by atoms with Gasteiger partial charge in [-0.3, -0.25) is 0 Å². The number of ether oxygens (including phenoxy) is 1. The van der Waals surface area contributed by atoms with Crippen LogP contribution in [0.5, 0.6) is 5.75 Å². The number of aromatic carboxylic acids is 1. The molecule has 0 unspecified atom stereocenters. The second kappa shape index (κ2) is 4.75. The third-order valence-electron chi connectivity index (χ3n) is 1.93. The SMILES string of the molecule is COc1cc(C(F)F)nc(C(=O)O)c1C(F)(F)F. The van der Waals surface area contributed by atoms with Crippen LogP contribution in [0.3, 0.4) is 0 Å². The lowest BCUT2D eigenvalue weighted by Crippen LogP contribution is -2.17. The van der Waals surface area contributed by atoms with Crippen LogP contribution in [-0.4, -0.2) is 23.2 Å². The molecule has 0 aromatic carbocycles. The number of alkyl halides is 5. The standard InChI is InChI=1S/C9H6F5NO3/c1-18-4-2-3(7(10)11)15-6(8(16)17)5(4)9(12,13)14/h2,7H,1H3,(H,16,17). The predicted octanol–water partition coefficient (Wildman–Crippen LogP) is 2.74. The van der Waals surface area contributed by atoms with E-state index in [9.17, 15) is 26.7 Å². The first-order valence-corrected chi connectivity index (χ1v) is 4.36. The Morgan fingerprint density at radius 3 is 2.33 bits per heavy atom. The molecule has 0 radical (unpaired) electrons. The number of rotatable bonds is 3. The molecule has 0 aliphatic carbocycles. The van der Waals surface area contributed by atoms with Crippen molar-refractivity contribution in [3.63, 3.8) is 0 Å². The fraction of sp³-hybridized carbons (Fsp3) is 0.333. The summed E-state index contributed by atoms with van der Waals surface area (Å²) < 4.78 is 66.9. The lowest BCUT2D eigenvalue weighted by molar-refractivity contribution is -0.139. The Morgan fingerprint density at radius 1 is 1.44 bits per heavy atom. The summed E-state index contributed by atoms with van der Waals surface area (Å²) in [4.78, 5) is 13.4. The number of carboxylic acids is 1. The maximum atomic E-state index is 12.6. The molecule has 1 rings (SSSR count). The molecule has 0 fully saturated rings. The summed E-state index contributed by atoms with van der Waals surface area (Å²) in [6.07, 6.45) is -8.29. The topological polar surface area (TPSA) is 59.4 Å². The lowest BCUT2D eigenvalue weighted by atomic mass is 10.1. The van der Waals surface area contributed by atoms with E-state index in [1.54, 1.807) is 0 Å². The zero-order valence-corrected chi connectivity index (χ0v) is 8.76. The van der Waals surface area contributed by atoms with E-state index in [4.69, 9.17) is 5.11 Å². The van der Waals surface area contributed by atoms with Crippen molar-refractivity contribution in [2.45, 2.75) is 12.6 Å². The maximum Gasteiger partial charge on any atom is 0.422 e. The van der Waals surface area contributed by atoms with Crippen molar-refractivity contribution in [2.24, 2.45) is 0 Å². The van der Waals surface area contributed by atoms with Crippen LogP contribution in [0.15, 0.2) is 6.07 Å². The van der Waals surface area contributed by atoms with E-state index < -0.39 is 41.3 Å². The molecule has 0 saturated heterocycles. The third-order valence-corrected chi connectivity index (χ3v) is 1.93. The summed E-state index contributed by atoms with van der Waals surface area (Å²) in [6, 6.07) is 0.361. The number of halogens is 5. The molecule has 0 aliphatic heterocycles. The molecule has 4 nitrogen and oxygen atoms in total. The summed E-state index contributed by atoms with van der Waals surface area (Å²) in [7, 11) is 0.811. The number of pyridine rings is 1. The van der Waals surface area contributed by atoms with Crippen molar-refractivity contribution < 1.29 is 36.6 Å². The quantitative estimate of drug-likeness (QED) is 0.859. The van der Waals surface area contributed by atoms with Gasteiger partial charge in [-0.15, -0.1) is 0 Å². The van der Waals surface area contributed by atoms with Gasteiger partial charge in [-0.2, -0.15) is 13.2 Å². The average Bonchev–Trinajstić information content (AvgIpc) is 2.25. The van der Waals surface area contributed by atoms with Crippen molar-refractivity contribution in [2.75, 3.05) is 7.11 Å². The van der Waals surface area contributed by atoms with Crippen LogP contribution in [0.1, 0.15) is 28.2 Å². The van der Waals surface area contributed by atoms with Crippen molar-refractivity contribution >= 4 is 5.97 Å². The van der Waals surface area contributed by atoms with E-state index >= 15 is 0 Å². The Morgan fingerprint density at radius 2 is 2.00 bits per heavy atom. The van der Waals surface area contributed by atoms with Gasteiger partial charge < -0.3 is 9.84 Å². The van der Waals surface area contributed by atoms with Gasteiger partial charge in [0, 0.05) is 6.07 Å². The molecule has 9 heteroatoms.